The van der Waals surface area contributed by atoms with Gasteiger partial charge in [0.15, 0.2) is 0 Å². The van der Waals surface area contributed by atoms with E-state index in [1.54, 1.807) is 6.07 Å². The number of halogens is 3. The number of carbonyl (C=O) groups is 1. The summed E-state index contributed by atoms with van der Waals surface area (Å²) in [5.74, 6) is -1.14. The molecule has 1 amide bonds. The third-order valence-corrected chi connectivity index (χ3v) is 4.59. The Bertz CT molecular complexity index is 796. The van der Waals surface area contributed by atoms with Crippen LogP contribution >= 0.6 is 0 Å². The maximum absolute atomic E-state index is 13.0. The molecule has 0 spiro atoms. The number of rotatable bonds is 3. The number of nitrogens with zero attached hydrogens (tertiary/aromatic N) is 1. The molecule has 118 valence electrons. The van der Waals surface area contributed by atoms with Crippen LogP contribution in [0.1, 0.15) is 16.1 Å². The summed E-state index contributed by atoms with van der Waals surface area (Å²) in [6, 6.07) is 7.45. The van der Waals surface area contributed by atoms with Crippen LogP contribution in [0, 0.1) is 0 Å². The van der Waals surface area contributed by atoms with Crippen LogP contribution in [0.5, 0.6) is 0 Å². The number of amides is 1. The second kappa shape index (κ2) is 5.48. The van der Waals surface area contributed by atoms with Crippen LogP contribution in [0.3, 0.4) is 0 Å². The maximum atomic E-state index is 13.0. The van der Waals surface area contributed by atoms with Crippen LogP contribution in [-0.2, 0) is 16.2 Å². The molecule has 0 saturated heterocycles. The lowest BCUT2D eigenvalue weighted by Crippen LogP contribution is -2.27. The van der Waals surface area contributed by atoms with Gasteiger partial charge in [-0.3, -0.25) is 4.79 Å². The number of aromatic nitrogens is 1. The molecule has 0 unspecified atom stereocenters. The fraction of sp³-hybridized carbons (Fsp3) is 0.154. The van der Waals surface area contributed by atoms with Crippen LogP contribution in [-0.4, -0.2) is 25.3 Å². The van der Waals surface area contributed by atoms with Crippen molar-refractivity contribution in [1.29, 1.82) is 0 Å². The molecule has 0 aliphatic rings. The van der Waals surface area contributed by atoms with E-state index in [0.29, 0.717) is 10.0 Å². The van der Waals surface area contributed by atoms with Gasteiger partial charge in [0.1, 0.15) is 5.69 Å². The van der Waals surface area contributed by atoms with Crippen molar-refractivity contribution in [2.24, 2.45) is 0 Å². The van der Waals surface area contributed by atoms with E-state index in [9.17, 15) is 26.4 Å². The van der Waals surface area contributed by atoms with Crippen LogP contribution in [0.15, 0.2) is 47.5 Å². The number of carbonyl (C=O) groups excluding carboxylic acids is 1. The summed E-state index contributed by atoms with van der Waals surface area (Å²) in [5.41, 5.74) is -2.29. The van der Waals surface area contributed by atoms with E-state index in [1.165, 1.54) is 24.3 Å². The van der Waals surface area contributed by atoms with Crippen molar-refractivity contribution in [2.45, 2.75) is 11.1 Å². The maximum Gasteiger partial charge on any atom is 0.418 e. The minimum Gasteiger partial charge on any atom is -0.354 e. The largest absolute Gasteiger partial charge is 0.418 e. The zero-order valence-electron chi connectivity index (χ0n) is 11.3. The Kier molecular flexibility index (Phi) is 4.01. The van der Waals surface area contributed by atoms with Crippen molar-refractivity contribution in [2.75, 3.05) is 7.05 Å². The number of benzene rings is 1. The predicted molar refractivity (Wildman–Crippen MR) is 71.9 cm³/mol. The summed E-state index contributed by atoms with van der Waals surface area (Å²) in [4.78, 5) is 11.5. The zero-order valence-corrected chi connectivity index (χ0v) is 12.1. The van der Waals surface area contributed by atoms with Crippen molar-refractivity contribution in [1.82, 2.24) is 9.29 Å². The van der Waals surface area contributed by atoms with Crippen molar-refractivity contribution in [3.05, 3.63) is 53.9 Å². The molecule has 0 saturated carbocycles. The van der Waals surface area contributed by atoms with Gasteiger partial charge in [-0.05, 0) is 18.2 Å². The predicted octanol–water partition coefficient (Wildman–Crippen LogP) is 2.10. The Hall–Kier alpha value is -2.29. The molecular formula is C13H11F3N2O3S. The third-order valence-electron chi connectivity index (χ3n) is 2.90. The summed E-state index contributed by atoms with van der Waals surface area (Å²) in [5, 5.41) is 2.02. The lowest BCUT2D eigenvalue weighted by molar-refractivity contribution is -0.137. The topological polar surface area (TPSA) is 68.2 Å². The summed E-state index contributed by atoms with van der Waals surface area (Å²) in [6.45, 7) is 0. The normalized spacial score (nSPS) is 12.2. The van der Waals surface area contributed by atoms with E-state index in [4.69, 9.17) is 0 Å². The second-order valence-electron chi connectivity index (χ2n) is 4.27. The Morgan fingerprint density at radius 2 is 1.73 bits per heavy atom. The molecule has 1 aromatic carbocycles. The fourth-order valence-electron chi connectivity index (χ4n) is 1.89. The summed E-state index contributed by atoms with van der Waals surface area (Å²) in [6.07, 6.45) is -4.13. The molecule has 0 aliphatic heterocycles. The number of alkyl halides is 3. The molecule has 22 heavy (non-hydrogen) atoms. The Morgan fingerprint density at radius 1 is 1.14 bits per heavy atom. The smallest absolute Gasteiger partial charge is 0.354 e. The van der Waals surface area contributed by atoms with Crippen molar-refractivity contribution < 1.29 is 26.4 Å². The monoisotopic (exact) mass is 332 g/mol. The third kappa shape index (κ3) is 2.71. The lowest BCUT2D eigenvalue weighted by atomic mass is 10.2. The van der Waals surface area contributed by atoms with Crippen LogP contribution in [0.2, 0.25) is 0 Å². The Labute approximate surface area is 124 Å². The minimum absolute atomic E-state index is 0.218. The highest BCUT2D eigenvalue weighted by Gasteiger charge is 2.39. The van der Waals surface area contributed by atoms with Gasteiger partial charge < -0.3 is 5.32 Å². The van der Waals surface area contributed by atoms with Gasteiger partial charge in [0.2, 0.25) is 0 Å². The van der Waals surface area contributed by atoms with E-state index in [0.717, 1.165) is 13.2 Å². The van der Waals surface area contributed by atoms with Gasteiger partial charge in [-0.2, -0.15) is 13.2 Å². The molecule has 0 radical (unpaired) electrons. The van der Waals surface area contributed by atoms with Crippen molar-refractivity contribution in [3.63, 3.8) is 0 Å². The van der Waals surface area contributed by atoms with Gasteiger partial charge in [-0.25, -0.2) is 12.4 Å². The van der Waals surface area contributed by atoms with E-state index >= 15 is 0 Å². The molecule has 0 aliphatic carbocycles. The highest BCUT2D eigenvalue weighted by Crippen LogP contribution is 2.34. The quantitative estimate of drug-likeness (QED) is 0.936. The SMILES string of the molecule is CNC(=O)c1c(C(F)(F)F)ccn1S(=O)(=O)c1ccccc1. The van der Waals surface area contributed by atoms with Crippen molar-refractivity contribution >= 4 is 15.9 Å². The first-order chi connectivity index (χ1) is 10.2. The molecule has 2 aromatic rings. The summed E-state index contributed by atoms with van der Waals surface area (Å²) < 4.78 is 64.1. The molecule has 0 fully saturated rings. The molecular weight excluding hydrogens is 321 g/mol. The molecule has 1 N–H and O–H groups in total. The summed E-state index contributed by atoms with van der Waals surface area (Å²) >= 11 is 0. The molecule has 1 heterocycles. The van der Waals surface area contributed by atoms with Gasteiger partial charge in [-0.1, -0.05) is 18.2 Å². The number of hydrogen-bond donors (Lipinski definition) is 1. The second-order valence-corrected chi connectivity index (χ2v) is 6.08. The van der Waals surface area contributed by atoms with Gasteiger partial charge in [0, 0.05) is 13.2 Å². The lowest BCUT2D eigenvalue weighted by Gasteiger charge is -2.12. The first kappa shape index (κ1) is 16.1. The molecule has 1 aromatic heterocycles. The summed E-state index contributed by atoms with van der Waals surface area (Å²) in [7, 11) is -3.19. The fourth-order valence-corrected chi connectivity index (χ4v) is 3.26. The van der Waals surface area contributed by atoms with Crippen LogP contribution in [0.4, 0.5) is 13.2 Å². The average molecular weight is 332 g/mol. The first-order valence-electron chi connectivity index (χ1n) is 6.01. The van der Waals surface area contributed by atoms with E-state index in [-0.39, 0.29) is 4.90 Å². The molecule has 9 heteroatoms. The number of nitrogens with one attached hydrogen (secondary N) is 1. The molecule has 2 rings (SSSR count). The highest BCUT2D eigenvalue weighted by atomic mass is 32.2. The van der Waals surface area contributed by atoms with Gasteiger partial charge in [0.05, 0.1) is 10.5 Å². The minimum atomic E-state index is -4.85. The van der Waals surface area contributed by atoms with Gasteiger partial charge >= 0.3 is 6.18 Å². The average Bonchev–Trinajstić information content (AvgIpc) is 2.93. The van der Waals surface area contributed by atoms with Gasteiger partial charge in [-0.15, -0.1) is 0 Å². The van der Waals surface area contributed by atoms with E-state index < -0.39 is 33.4 Å². The molecule has 0 atom stereocenters. The first-order valence-corrected chi connectivity index (χ1v) is 7.45. The van der Waals surface area contributed by atoms with E-state index in [1.807, 2.05) is 5.32 Å². The number of hydrogen-bond acceptors (Lipinski definition) is 3. The molecule has 5 nitrogen and oxygen atoms in total. The Morgan fingerprint density at radius 3 is 2.23 bits per heavy atom. The Balaban J connectivity index is 2.72. The highest BCUT2D eigenvalue weighted by molar-refractivity contribution is 7.90. The van der Waals surface area contributed by atoms with Gasteiger partial charge in [0.25, 0.3) is 15.9 Å². The molecule has 0 bridgehead atoms. The van der Waals surface area contributed by atoms with E-state index in [2.05, 4.69) is 0 Å². The standard InChI is InChI=1S/C13H11F3N2O3S/c1-17-12(19)11-10(13(14,15)16)7-8-18(11)22(20,21)9-5-3-2-4-6-9/h2-8H,1H3,(H,17,19). The van der Waals surface area contributed by atoms with Crippen molar-refractivity contribution in [3.8, 4) is 0 Å². The zero-order chi connectivity index (χ0) is 16.5. The van der Waals surface area contributed by atoms with Crippen LogP contribution in [0.25, 0.3) is 0 Å². The van der Waals surface area contributed by atoms with Crippen LogP contribution < -0.4 is 5.32 Å².